The van der Waals surface area contributed by atoms with E-state index >= 15 is 0 Å². The highest BCUT2D eigenvalue weighted by Crippen LogP contribution is 2.30. The van der Waals surface area contributed by atoms with Crippen molar-refractivity contribution >= 4 is 15.9 Å². The molecule has 2 unspecified atom stereocenters. The van der Waals surface area contributed by atoms with E-state index in [1.165, 1.54) is 6.07 Å². The highest BCUT2D eigenvalue weighted by molar-refractivity contribution is 7.90. The Morgan fingerprint density at radius 3 is 2.76 bits per heavy atom. The van der Waals surface area contributed by atoms with E-state index in [1.807, 2.05) is 0 Å². The number of amides is 1. The number of hydrogen-bond donors (Lipinski definition) is 2. The van der Waals surface area contributed by atoms with Gasteiger partial charge in [-0.25, -0.2) is 12.7 Å². The molecular weight excluding hydrogens is 290 g/mol. The van der Waals surface area contributed by atoms with Crippen molar-refractivity contribution < 1.29 is 13.2 Å². The van der Waals surface area contributed by atoms with Crippen molar-refractivity contribution in [2.75, 3.05) is 13.1 Å². The monoisotopic (exact) mass is 309 g/mol. The first-order valence-electron chi connectivity index (χ1n) is 7.16. The lowest BCUT2D eigenvalue weighted by atomic mass is 9.98. The van der Waals surface area contributed by atoms with Crippen molar-refractivity contribution in [3.05, 3.63) is 29.8 Å². The lowest BCUT2D eigenvalue weighted by Crippen LogP contribution is -2.32. The van der Waals surface area contributed by atoms with Gasteiger partial charge in [-0.2, -0.15) is 0 Å². The largest absolute Gasteiger partial charge is 0.269 e. The van der Waals surface area contributed by atoms with Gasteiger partial charge < -0.3 is 0 Å². The van der Waals surface area contributed by atoms with Crippen molar-refractivity contribution in [2.24, 2.45) is 5.92 Å². The highest BCUT2D eigenvalue weighted by atomic mass is 32.2. The smallest absolute Gasteiger partial charge is 0.268 e. The molecule has 2 N–H and O–H groups in total. The molecule has 0 aliphatic carbocycles. The molecule has 1 amide bonds. The average Bonchev–Trinajstić information content (AvgIpc) is 2.95. The molecule has 2 heterocycles. The van der Waals surface area contributed by atoms with Gasteiger partial charge in [-0.15, -0.1) is 0 Å². The summed E-state index contributed by atoms with van der Waals surface area (Å²) in [4.78, 5) is 12.4. The molecule has 7 heteroatoms. The van der Waals surface area contributed by atoms with E-state index in [0.29, 0.717) is 18.4 Å². The molecule has 0 radical (unpaired) electrons. The van der Waals surface area contributed by atoms with E-state index in [4.69, 9.17) is 0 Å². The van der Waals surface area contributed by atoms with E-state index in [1.54, 1.807) is 18.2 Å². The summed E-state index contributed by atoms with van der Waals surface area (Å²) in [6.07, 6.45) is 1.56. The van der Waals surface area contributed by atoms with Crippen molar-refractivity contribution in [1.82, 2.24) is 15.2 Å². The molecule has 1 fully saturated rings. The van der Waals surface area contributed by atoms with Crippen LogP contribution in [0.4, 0.5) is 0 Å². The molecule has 1 aromatic carbocycles. The Labute approximate surface area is 124 Å². The second-order valence-corrected chi connectivity index (χ2v) is 7.43. The minimum Gasteiger partial charge on any atom is -0.268 e. The fraction of sp³-hybridized carbons (Fsp3) is 0.500. The van der Waals surface area contributed by atoms with E-state index in [-0.39, 0.29) is 17.0 Å². The van der Waals surface area contributed by atoms with Crippen LogP contribution in [0.5, 0.6) is 0 Å². The number of benzene rings is 1. The lowest BCUT2D eigenvalue weighted by Gasteiger charge is -2.17. The van der Waals surface area contributed by atoms with Crippen LogP contribution in [0.3, 0.4) is 0 Å². The zero-order valence-corrected chi connectivity index (χ0v) is 12.7. The Bertz CT molecular complexity index is 659. The SMILES string of the molecule is CC1NNCC1CCCN1C(=O)c2ccccc2S1(=O)=O. The van der Waals surface area contributed by atoms with Gasteiger partial charge >= 0.3 is 0 Å². The van der Waals surface area contributed by atoms with Crippen LogP contribution in [-0.2, 0) is 10.0 Å². The quantitative estimate of drug-likeness (QED) is 0.857. The second kappa shape index (κ2) is 5.40. The molecule has 3 rings (SSSR count). The Balaban J connectivity index is 1.68. The highest BCUT2D eigenvalue weighted by Gasteiger charge is 2.40. The van der Waals surface area contributed by atoms with E-state index < -0.39 is 15.9 Å². The van der Waals surface area contributed by atoms with Gasteiger partial charge in [-0.3, -0.25) is 15.6 Å². The Hall–Kier alpha value is -1.44. The fourth-order valence-corrected chi connectivity index (χ4v) is 4.55. The number of carbonyl (C=O) groups is 1. The van der Waals surface area contributed by atoms with Crippen molar-refractivity contribution in [3.63, 3.8) is 0 Å². The van der Waals surface area contributed by atoms with Crippen LogP contribution in [0, 0.1) is 5.92 Å². The van der Waals surface area contributed by atoms with Gasteiger partial charge in [0.25, 0.3) is 15.9 Å². The van der Waals surface area contributed by atoms with E-state index in [0.717, 1.165) is 17.3 Å². The number of rotatable bonds is 4. The predicted molar refractivity (Wildman–Crippen MR) is 78.0 cm³/mol. The normalized spacial score (nSPS) is 27.1. The second-order valence-electron chi connectivity index (χ2n) is 5.59. The predicted octanol–water partition coefficient (Wildman–Crippen LogP) is 0.724. The summed E-state index contributed by atoms with van der Waals surface area (Å²) in [6, 6.07) is 6.77. The minimum atomic E-state index is -3.65. The van der Waals surface area contributed by atoms with Crippen molar-refractivity contribution in [2.45, 2.75) is 30.7 Å². The summed E-state index contributed by atoms with van der Waals surface area (Å²) in [7, 11) is -3.65. The van der Waals surface area contributed by atoms with Gasteiger partial charge in [0.15, 0.2) is 0 Å². The van der Waals surface area contributed by atoms with Gasteiger partial charge in [0, 0.05) is 19.1 Å². The van der Waals surface area contributed by atoms with Crippen LogP contribution < -0.4 is 10.9 Å². The molecule has 6 nitrogen and oxygen atoms in total. The number of fused-ring (bicyclic) bond motifs is 1. The van der Waals surface area contributed by atoms with E-state index in [2.05, 4.69) is 17.8 Å². The topological polar surface area (TPSA) is 78.5 Å². The molecular formula is C14H19N3O3S. The van der Waals surface area contributed by atoms with E-state index in [9.17, 15) is 13.2 Å². The molecule has 2 aliphatic heterocycles. The summed E-state index contributed by atoms with van der Waals surface area (Å²) in [6.45, 7) is 3.22. The zero-order valence-electron chi connectivity index (χ0n) is 11.9. The molecule has 0 aromatic heterocycles. The Kier molecular flexibility index (Phi) is 3.73. The zero-order chi connectivity index (χ0) is 15.0. The molecule has 2 aliphatic rings. The van der Waals surface area contributed by atoms with Crippen LogP contribution >= 0.6 is 0 Å². The van der Waals surface area contributed by atoms with Gasteiger partial charge in [0.1, 0.15) is 4.90 Å². The van der Waals surface area contributed by atoms with Crippen LogP contribution in [-0.4, -0.2) is 37.8 Å². The maximum atomic E-state index is 12.4. The first-order chi connectivity index (χ1) is 10.0. The Morgan fingerprint density at radius 1 is 1.33 bits per heavy atom. The molecule has 1 aromatic rings. The van der Waals surface area contributed by atoms with Gasteiger partial charge in [-0.1, -0.05) is 12.1 Å². The van der Waals surface area contributed by atoms with Gasteiger partial charge in [0.05, 0.1) is 5.56 Å². The number of sulfonamides is 1. The average molecular weight is 309 g/mol. The van der Waals surface area contributed by atoms with Crippen molar-refractivity contribution in [1.29, 1.82) is 0 Å². The fourth-order valence-electron chi connectivity index (χ4n) is 2.95. The summed E-state index contributed by atoms with van der Waals surface area (Å²) in [5.41, 5.74) is 6.52. The summed E-state index contributed by atoms with van der Waals surface area (Å²) in [5.74, 6) is 0.0640. The number of nitrogens with zero attached hydrogens (tertiary/aromatic N) is 1. The number of carbonyl (C=O) groups excluding carboxylic acids is 1. The summed E-state index contributed by atoms with van der Waals surface area (Å²) < 4.78 is 25.7. The van der Waals surface area contributed by atoms with Crippen molar-refractivity contribution in [3.8, 4) is 0 Å². The molecule has 0 bridgehead atoms. The summed E-state index contributed by atoms with van der Waals surface area (Å²) in [5, 5.41) is 0. The molecule has 114 valence electrons. The third kappa shape index (κ3) is 2.45. The maximum Gasteiger partial charge on any atom is 0.269 e. The minimum absolute atomic E-state index is 0.132. The summed E-state index contributed by atoms with van der Waals surface area (Å²) >= 11 is 0. The molecule has 21 heavy (non-hydrogen) atoms. The number of hydrogen-bond acceptors (Lipinski definition) is 5. The molecule has 1 saturated heterocycles. The van der Waals surface area contributed by atoms with Gasteiger partial charge in [0.2, 0.25) is 0 Å². The van der Waals surface area contributed by atoms with Crippen LogP contribution in [0.15, 0.2) is 29.2 Å². The lowest BCUT2D eigenvalue weighted by molar-refractivity contribution is 0.0868. The first kappa shape index (κ1) is 14.5. The Morgan fingerprint density at radius 2 is 2.10 bits per heavy atom. The maximum absolute atomic E-state index is 12.4. The van der Waals surface area contributed by atoms with Gasteiger partial charge in [-0.05, 0) is 37.8 Å². The molecule has 0 saturated carbocycles. The number of nitrogens with one attached hydrogen (secondary N) is 2. The van der Waals surface area contributed by atoms with Crippen LogP contribution in [0.25, 0.3) is 0 Å². The number of hydrazine groups is 1. The third-order valence-electron chi connectivity index (χ3n) is 4.25. The molecule has 0 spiro atoms. The third-order valence-corrected chi connectivity index (χ3v) is 6.09. The standard InChI is InChI=1S/C14H19N3O3S/c1-10-11(9-15-16-10)5-4-8-17-14(18)12-6-2-3-7-13(12)21(17,19)20/h2-3,6-7,10-11,15-16H,4-5,8-9H2,1H3. The van der Waals surface area contributed by atoms with Crippen LogP contribution in [0.1, 0.15) is 30.1 Å². The molecule has 2 atom stereocenters. The van der Waals surface area contributed by atoms with Crippen LogP contribution in [0.2, 0.25) is 0 Å². The first-order valence-corrected chi connectivity index (χ1v) is 8.60.